The molecule has 0 amide bonds. The first kappa shape index (κ1) is 13.7. The van der Waals surface area contributed by atoms with Gasteiger partial charge in [0.05, 0.1) is 23.9 Å². The summed E-state index contributed by atoms with van der Waals surface area (Å²) in [5.41, 5.74) is 3.94. The number of hydrogen-bond donors (Lipinski definition) is 0. The van der Waals surface area contributed by atoms with Crippen molar-refractivity contribution in [2.24, 2.45) is 0 Å². The summed E-state index contributed by atoms with van der Waals surface area (Å²) >= 11 is 1.80. The smallest absolute Gasteiger partial charge is 0.119 e. The zero-order valence-electron chi connectivity index (χ0n) is 12.6. The first-order chi connectivity index (χ1) is 10.8. The van der Waals surface area contributed by atoms with Crippen LogP contribution >= 0.6 is 11.3 Å². The van der Waals surface area contributed by atoms with E-state index in [-0.39, 0.29) is 0 Å². The number of ether oxygens (including phenoxy) is 1. The van der Waals surface area contributed by atoms with Crippen molar-refractivity contribution >= 4 is 21.6 Å². The third kappa shape index (κ3) is 2.60. The molecule has 0 fully saturated rings. The van der Waals surface area contributed by atoms with Gasteiger partial charge in [0.1, 0.15) is 10.8 Å². The van der Waals surface area contributed by atoms with Gasteiger partial charge in [-0.2, -0.15) is 0 Å². The molecule has 0 radical (unpaired) electrons. The summed E-state index contributed by atoms with van der Waals surface area (Å²) < 4.78 is 6.62. The van der Waals surface area contributed by atoms with Gasteiger partial charge in [-0.15, -0.1) is 11.3 Å². The lowest BCUT2D eigenvalue weighted by molar-refractivity contribution is 0.245. The number of nitrogens with zero attached hydrogens (tertiary/aromatic N) is 2. The average Bonchev–Trinajstić information content (AvgIpc) is 2.96. The molecule has 3 nitrogen and oxygen atoms in total. The molecule has 3 aromatic rings. The van der Waals surface area contributed by atoms with Crippen LogP contribution < -0.4 is 4.74 Å². The Hall–Kier alpha value is -1.91. The maximum absolute atomic E-state index is 5.34. The minimum Gasteiger partial charge on any atom is -0.497 e. The molecule has 1 aliphatic heterocycles. The quantitative estimate of drug-likeness (QED) is 0.734. The summed E-state index contributed by atoms with van der Waals surface area (Å²) in [5, 5.41) is 1.20. The Morgan fingerprint density at radius 1 is 1.18 bits per heavy atom. The van der Waals surface area contributed by atoms with Crippen molar-refractivity contribution in [1.82, 2.24) is 9.88 Å². The molecule has 0 unspecified atom stereocenters. The van der Waals surface area contributed by atoms with Gasteiger partial charge in [-0.25, -0.2) is 4.98 Å². The number of methoxy groups -OCH3 is 1. The summed E-state index contributed by atoms with van der Waals surface area (Å²) in [5.74, 6) is 0.945. The van der Waals surface area contributed by atoms with Crippen molar-refractivity contribution in [3.05, 3.63) is 58.6 Å². The molecule has 0 aliphatic carbocycles. The number of hydrogen-bond acceptors (Lipinski definition) is 4. The second-order valence-corrected chi connectivity index (χ2v) is 6.79. The highest BCUT2D eigenvalue weighted by molar-refractivity contribution is 7.18. The van der Waals surface area contributed by atoms with Gasteiger partial charge >= 0.3 is 0 Å². The molecule has 2 heterocycles. The van der Waals surface area contributed by atoms with Gasteiger partial charge in [-0.3, -0.25) is 4.90 Å². The Bertz CT molecular complexity index is 779. The number of benzene rings is 2. The van der Waals surface area contributed by atoms with Crippen LogP contribution in [-0.4, -0.2) is 23.5 Å². The molecule has 0 N–H and O–H groups in total. The van der Waals surface area contributed by atoms with Crippen LogP contribution in [0.25, 0.3) is 10.2 Å². The molecule has 2 aromatic carbocycles. The molecule has 22 heavy (non-hydrogen) atoms. The lowest BCUT2D eigenvalue weighted by Gasteiger charge is -2.28. The van der Waals surface area contributed by atoms with E-state index in [9.17, 15) is 0 Å². The molecule has 4 rings (SSSR count). The zero-order chi connectivity index (χ0) is 14.9. The summed E-state index contributed by atoms with van der Waals surface area (Å²) in [7, 11) is 1.73. The Morgan fingerprint density at radius 3 is 2.95 bits per heavy atom. The topological polar surface area (TPSA) is 25.4 Å². The van der Waals surface area contributed by atoms with Gasteiger partial charge < -0.3 is 4.74 Å². The minimum absolute atomic E-state index is 0.927. The van der Waals surface area contributed by atoms with Crippen LogP contribution in [0.2, 0.25) is 0 Å². The van der Waals surface area contributed by atoms with Gasteiger partial charge in [0.15, 0.2) is 0 Å². The maximum Gasteiger partial charge on any atom is 0.119 e. The van der Waals surface area contributed by atoms with Crippen molar-refractivity contribution in [3.63, 3.8) is 0 Å². The highest BCUT2D eigenvalue weighted by Crippen LogP contribution is 2.27. The lowest BCUT2D eigenvalue weighted by Crippen LogP contribution is -2.29. The fourth-order valence-electron chi connectivity index (χ4n) is 3.03. The van der Waals surface area contributed by atoms with E-state index in [1.54, 1.807) is 18.4 Å². The van der Waals surface area contributed by atoms with Gasteiger partial charge in [0.25, 0.3) is 0 Å². The van der Waals surface area contributed by atoms with E-state index < -0.39 is 0 Å². The van der Waals surface area contributed by atoms with Crippen molar-refractivity contribution in [2.75, 3.05) is 13.7 Å². The molecular formula is C18H18N2OS. The lowest BCUT2D eigenvalue weighted by atomic mass is 9.99. The van der Waals surface area contributed by atoms with Crippen LogP contribution in [-0.2, 0) is 19.5 Å². The largest absolute Gasteiger partial charge is 0.497 e. The Labute approximate surface area is 134 Å². The molecule has 0 atom stereocenters. The molecule has 1 aromatic heterocycles. The molecular weight excluding hydrogens is 292 g/mol. The monoisotopic (exact) mass is 310 g/mol. The molecule has 1 aliphatic rings. The van der Waals surface area contributed by atoms with E-state index >= 15 is 0 Å². The summed E-state index contributed by atoms with van der Waals surface area (Å²) in [6, 6.07) is 14.8. The van der Waals surface area contributed by atoms with Crippen LogP contribution in [0.1, 0.15) is 16.1 Å². The van der Waals surface area contributed by atoms with Crippen molar-refractivity contribution in [2.45, 2.75) is 19.5 Å². The van der Waals surface area contributed by atoms with E-state index in [4.69, 9.17) is 9.72 Å². The van der Waals surface area contributed by atoms with Gasteiger partial charge in [0.2, 0.25) is 0 Å². The second kappa shape index (κ2) is 5.71. The third-order valence-electron chi connectivity index (χ3n) is 4.20. The van der Waals surface area contributed by atoms with E-state index in [1.165, 1.54) is 20.8 Å². The van der Waals surface area contributed by atoms with Gasteiger partial charge in [0, 0.05) is 13.1 Å². The molecule has 0 saturated heterocycles. The van der Waals surface area contributed by atoms with Crippen LogP contribution in [0.3, 0.4) is 0 Å². The fourth-order valence-corrected chi connectivity index (χ4v) is 4.04. The van der Waals surface area contributed by atoms with Crippen molar-refractivity contribution < 1.29 is 4.74 Å². The Kier molecular flexibility index (Phi) is 3.56. The van der Waals surface area contributed by atoms with Crippen LogP contribution in [0, 0.1) is 0 Å². The normalized spacial score (nSPS) is 15.0. The Morgan fingerprint density at radius 2 is 2.09 bits per heavy atom. The number of para-hydroxylation sites is 1. The highest BCUT2D eigenvalue weighted by Gasteiger charge is 2.18. The van der Waals surface area contributed by atoms with E-state index in [0.29, 0.717) is 0 Å². The van der Waals surface area contributed by atoms with Crippen LogP contribution in [0.15, 0.2) is 42.5 Å². The molecule has 112 valence electrons. The van der Waals surface area contributed by atoms with E-state index in [1.807, 2.05) is 0 Å². The van der Waals surface area contributed by atoms with E-state index in [0.717, 1.165) is 37.3 Å². The first-order valence-electron chi connectivity index (χ1n) is 7.54. The van der Waals surface area contributed by atoms with Crippen LogP contribution in [0.5, 0.6) is 5.75 Å². The summed E-state index contributed by atoms with van der Waals surface area (Å²) in [4.78, 5) is 7.22. The average molecular weight is 310 g/mol. The van der Waals surface area contributed by atoms with Gasteiger partial charge in [-0.05, 0) is 41.8 Å². The summed E-state index contributed by atoms with van der Waals surface area (Å²) in [6.07, 6.45) is 1.10. The molecule has 0 spiro atoms. The first-order valence-corrected chi connectivity index (χ1v) is 8.36. The van der Waals surface area contributed by atoms with Crippen molar-refractivity contribution in [1.29, 1.82) is 0 Å². The van der Waals surface area contributed by atoms with E-state index in [2.05, 4.69) is 47.4 Å². The van der Waals surface area contributed by atoms with Gasteiger partial charge in [-0.1, -0.05) is 18.2 Å². The predicted octanol–water partition coefficient (Wildman–Crippen LogP) is 3.86. The maximum atomic E-state index is 5.34. The zero-order valence-corrected chi connectivity index (χ0v) is 13.4. The standard InChI is InChI=1S/C18H18N2OS/c1-21-15-7-6-13-8-9-20(11-14(13)10-15)12-18-19-16-4-2-3-5-17(16)22-18/h2-7,10H,8-9,11-12H2,1H3. The van der Waals surface area contributed by atoms with Crippen molar-refractivity contribution in [3.8, 4) is 5.75 Å². The molecule has 4 heteroatoms. The molecule has 0 saturated carbocycles. The Balaban J connectivity index is 1.54. The second-order valence-electron chi connectivity index (χ2n) is 5.67. The number of fused-ring (bicyclic) bond motifs is 2. The third-order valence-corrected chi connectivity index (χ3v) is 5.22. The van der Waals surface area contributed by atoms with Crippen LogP contribution in [0.4, 0.5) is 0 Å². The molecule has 0 bridgehead atoms. The fraction of sp³-hybridized carbons (Fsp3) is 0.278. The highest BCUT2D eigenvalue weighted by atomic mass is 32.1. The summed E-state index contributed by atoms with van der Waals surface area (Å²) in [6.45, 7) is 2.99. The predicted molar refractivity (Wildman–Crippen MR) is 90.4 cm³/mol. The minimum atomic E-state index is 0.927. The number of thiazole rings is 1. The number of rotatable bonds is 3. The SMILES string of the molecule is COc1ccc2c(c1)CN(Cc1nc3ccccc3s1)CC2. The number of aromatic nitrogens is 1.